The average molecular weight is 317 g/mol. The van der Waals surface area contributed by atoms with E-state index < -0.39 is 6.09 Å². The van der Waals surface area contributed by atoms with Gasteiger partial charge in [-0.25, -0.2) is 9.59 Å². The lowest BCUT2D eigenvalue weighted by molar-refractivity contribution is 0.100. The monoisotopic (exact) mass is 317 g/mol. The third-order valence-electron chi connectivity index (χ3n) is 4.93. The Bertz CT molecular complexity index is 578. The van der Waals surface area contributed by atoms with Crippen molar-refractivity contribution in [2.24, 2.45) is 0 Å². The molecule has 0 radical (unpaired) electrons. The van der Waals surface area contributed by atoms with Gasteiger partial charge in [-0.05, 0) is 25.3 Å². The third-order valence-corrected chi connectivity index (χ3v) is 4.93. The Morgan fingerprint density at radius 1 is 1.22 bits per heavy atom. The Kier molecular flexibility index (Phi) is 4.41. The van der Waals surface area contributed by atoms with Crippen LogP contribution < -0.4 is 0 Å². The Hall–Kier alpha value is -2.24. The fourth-order valence-corrected chi connectivity index (χ4v) is 3.56. The number of hydrogen-bond acceptors (Lipinski definition) is 2. The molecule has 2 fully saturated rings. The van der Waals surface area contributed by atoms with Crippen LogP contribution in [0.5, 0.6) is 0 Å². The molecule has 0 saturated carbocycles. The first-order valence-electron chi connectivity index (χ1n) is 8.18. The number of urea groups is 1. The number of carbonyl (C=O) groups is 2. The van der Waals surface area contributed by atoms with Gasteiger partial charge >= 0.3 is 12.1 Å². The van der Waals surface area contributed by atoms with Gasteiger partial charge in [0.15, 0.2) is 0 Å². The van der Waals surface area contributed by atoms with E-state index in [0.29, 0.717) is 26.2 Å². The summed E-state index contributed by atoms with van der Waals surface area (Å²) >= 11 is 0. The Morgan fingerprint density at radius 2 is 1.96 bits per heavy atom. The molecule has 0 bridgehead atoms. The molecule has 0 aliphatic carbocycles. The van der Waals surface area contributed by atoms with Crippen molar-refractivity contribution in [2.45, 2.75) is 31.8 Å². The first-order valence-corrected chi connectivity index (χ1v) is 8.18. The molecule has 23 heavy (non-hydrogen) atoms. The van der Waals surface area contributed by atoms with Crippen LogP contribution in [0, 0.1) is 0 Å². The molecule has 1 aromatic rings. The van der Waals surface area contributed by atoms with E-state index in [-0.39, 0.29) is 18.1 Å². The second-order valence-electron chi connectivity index (χ2n) is 6.28. The van der Waals surface area contributed by atoms with E-state index in [1.165, 1.54) is 4.90 Å². The van der Waals surface area contributed by atoms with E-state index in [4.69, 9.17) is 5.11 Å². The van der Waals surface area contributed by atoms with Crippen LogP contribution in [-0.2, 0) is 0 Å². The van der Waals surface area contributed by atoms with Crippen LogP contribution in [0.25, 0.3) is 0 Å². The third kappa shape index (κ3) is 3.11. The molecule has 3 rings (SSSR count). The van der Waals surface area contributed by atoms with Gasteiger partial charge in [0.1, 0.15) is 0 Å². The van der Waals surface area contributed by atoms with Gasteiger partial charge in [-0.15, -0.1) is 0 Å². The molecule has 2 aliphatic rings. The summed E-state index contributed by atoms with van der Waals surface area (Å²) in [5.41, 5.74) is 1.12. The molecule has 124 valence electrons. The number of carbonyl (C=O) groups excluding carboxylic acids is 1. The molecular formula is C17H23N3O3. The summed E-state index contributed by atoms with van der Waals surface area (Å²) in [4.78, 5) is 29.1. The molecule has 2 heterocycles. The molecule has 6 nitrogen and oxygen atoms in total. The van der Waals surface area contributed by atoms with Crippen molar-refractivity contribution in [3.63, 3.8) is 0 Å². The quantitative estimate of drug-likeness (QED) is 0.932. The van der Waals surface area contributed by atoms with Crippen LogP contribution in [0.4, 0.5) is 9.59 Å². The minimum atomic E-state index is -0.893. The van der Waals surface area contributed by atoms with Crippen LogP contribution in [0.1, 0.15) is 31.4 Å². The average Bonchev–Trinajstić information content (AvgIpc) is 2.96. The Morgan fingerprint density at radius 3 is 2.65 bits per heavy atom. The number of amides is 3. The maximum atomic E-state index is 12.8. The topological polar surface area (TPSA) is 64.1 Å². The largest absolute Gasteiger partial charge is 0.465 e. The highest BCUT2D eigenvalue weighted by Crippen LogP contribution is 2.27. The highest BCUT2D eigenvalue weighted by Gasteiger charge is 2.38. The van der Waals surface area contributed by atoms with Gasteiger partial charge in [0.05, 0.1) is 12.1 Å². The van der Waals surface area contributed by atoms with Gasteiger partial charge < -0.3 is 19.8 Å². The maximum absolute atomic E-state index is 12.8. The minimum absolute atomic E-state index is 0.000299. The van der Waals surface area contributed by atoms with Crippen molar-refractivity contribution < 1.29 is 14.7 Å². The van der Waals surface area contributed by atoms with E-state index in [0.717, 1.165) is 18.4 Å². The fourth-order valence-electron chi connectivity index (χ4n) is 3.56. The van der Waals surface area contributed by atoms with Gasteiger partial charge in [0, 0.05) is 26.2 Å². The summed E-state index contributed by atoms with van der Waals surface area (Å²) in [6, 6.07) is 10.1. The van der Waals surface area contributed by atoms with Crippen LogP contribution in [0.2, 0.25) is 0 Å². The van der Waals surface area contributed by atoms with Crippen LogP contribution in [0.3, 0.4) is 0 Å². The molecular weight excluding hydrogens is 294 g/mol. The first-order chi connectivity index (χ1) is 11.1. The number of rotatable bonds is 3. The standard InChI is InChI=1S/C17H23N3O3/c1-13(14-6-3-2-4-7-14)19-10-11-20(16(19)21)15-8-5-9-18(12-15)17(22)23/h2-4,6-7,13,15H,5,8-12H2,1H3,(H,22,23). The Labute approximate surface area is 136 Å². The molecule has 6 heteroatoms. The minimum Gasteiger partial charge on any atom is -0.465 e. The summed E-state index contributed by atoms with van der Waals surface area (Å²) < 4.78 is 0. The molecule has 0 aromatic heterocycles. The summed E-state index contributed by atoms with van der Waals surface area (Å²) in [7, 11) is 0. The van der Waals surface area contributed by atoms with E-state index in [1.54, 1.807) is 0 Å². The van der Waals surface area contributed by atoms with E-state index in [1.807, 2.05) is 47.1 Å². The number of nitrogens with zero attached hydrogens (tertiary/aromatic N) is 3. The SMILES string of the molecule is CC(c1ccccc1)N1CCN(C2CCCN(C(=O)O)C2)C1=O. The van der Waals surface area contributed by atoms with Crippen molar-refractivity contribution in [1.29, 1.82) is 0 Å². The van der Waals surface area contributed by atoms with Crippen molar-refractivity contribution >= 4 is 12.1 Å². The highest BCUT2D eigenvalue weighted by molar-refractivity contribution is 5.77. The molecule has 2 saturated heterocycles. The van der Waals surface area contributed by atoms with Gasteiger partial charge in [-0.3, -0.25) is 0 Å². The lowest BCUT2D eigenvalue weighted by Crippen LogP contribution is -2.50. The van der Waals surface area contributed by atoms with E-state index >= 15 is 0 Å². The van der Waals surface area contributed by atoms with Crippen molar-refractivity contribution in [2.75, 3.05) is 26.2 Å². The van der Waals surface area contributed by atoms with Gasteiger partial charge in [-0.1, -0.05) is 30.3 Å². The van der Waals surface area contributed by atoms with Gasteiger partial charge in [-0.2, -0.15) is 0 Å². The van der Waals surface area contributed by atoms with Crippen molar-refractivity contribution in [3.8, 4) is 0 Å². The molecule has 1 N–H and O–H groups in total. The number of carboxylic acid groups (broad SMARTS) is 1. The zero-order valence-corrected chi connectivity index (χ0v) is 13.4. The molecule has 2 atom stereocenters. The van der Waals surface area contributed by atoms with Crippen molar-refractivity contribution in [1.82, 2.24) is 14.7 Å². The molecule has 0 spiro atoms. The van der Waals surface area contributed by atoms with Crippen molar-refractivity contribution in [3.05, 3.63) is 35.9 Å². The fraction of sp³-hybridized carbons (Fsp3) is 0.529. The molecule has 1 aromatic carbocycles. The van der Waals surface area contributed by atoms with Gasteiger partial charge in [0.25, 0.3) is 0 Å². The summed E-state index contributed by atoms with van der Waals surface area (Å²) in [6.07, 6.45) is 0.800. The number of benzene rings is 1. The summed E-state index contributed by atoms with van der Waals surface area (Å²) in [6.45, 7) is 4.40. The summed E-state index contributed by atoms with van der Waals surface area (Å²) in [5.74, 6) is 0. The zero-order valence-electron chi connectivity index (χ0n) is 13.4. The van der Waals surface area contributed by atoms with E-state index in [9.17, 15) is 9.59 Å². The number of piperidine rings is 1. The molecule has 3 amide bonds. The predicted octanol–water partition coefficient (Wildman–Crippen LogP) is 2.63. The smallest absolute Gasteiger partial charge is 0.407 e. The lowest BCUT2D eigenvalue weighted by atomic mass is 10.0. The number of hydrogen-bond donors (Lipinski definition) is 1. The maximum Gasteiger partial charge on any atom is 0.407 e. The predicted molar refractivity (Wildman–Crippen MR) is 86.3 cm³/mol. The van der Waals surface area contributed by atoms with E-state index in [2.05, 4.69) is 0 Å². The molecule has 2 aliphatic heterocycles. The highest BCUT2D eigenvalue weighted by atomic mass is 16.4. The second-order valence-corrected chi connectivity index (χ2v) is 6.28. The molecule has 2 unspecified atom stereocenters. The summed E-state index contributed by atoms with van der Waals surface area (Å²) in [5, 5.41) is 9.17. The number of likely N-dealkylation sites (tertiary alicyclic amines) is 1. The second kappa shape index (κ2) is 6.48. The van der Waals surface area contributed by atoms with Crippen LogP contribution >= 0.6 is 0 Å². The lowest BCUT2D eigenvalue weighted by Gasteiger charge is -2.36. The van der Waals surface area contributed by atoms with Gasteiger partial charge in [0.2, 0.25) is 0 Å². The normalized spacial score (nSPS) is 23.3. The Balaban J connectivity index is 1.68. The van der Waals surface area contributed by atoms with Crippen LogP contribution in [-0.4, -0.2) is 64.2 Å². The first kappa shape index (κ1) is 15.6. The zero-order chi connectivity index (χ0) is 16.4. The van der Waals surface area contributed by atoms with Crippen LogP contribution in [0.15, 0.2) is 30.3 Å².